The summed E-state index contributed by atoms with van der Waals surface area (Å²) >= 11 is 1.69. The highest BCUT2D eigenvalue weighted by Crippen LogP contribution is 2.38. The number of hydrogen-bond acceptors (Lipinski definition) is 3. The van der Waals surface area contributed by atoms with Crippen LogP contribution in [-0.4, -0.2) is 16.2 Å². The summed E-state index contributed by atoms with van der Waals surface area (Å²) in [6, 6.07) is 16.5. The molecular weight excluding hydrogens is 266 g/mol. The van der Waals surface area contributed by atoms with E-state index in [1.807, 2.05) is 18.2 Å². The van der Waals surface area contributed by atoms with Gasteiger partial charge in [0.25, 0.3) is 0 Å². The average Bonchev–Trinajstić information content (AvgIpc) is 2.82. The maximum absolute atomic E-state index is 10.5. The zero-order valence-electron chi connectivity index (χ0n) is 11.0. The summed E-state index contributed by atoms with van der Waals surface area (Å²) in [5, 5.41) is 11.5. The van der Waals surface area contributed by atoms with Crippen molar-refractivity contribution in [1.82, 2.24) is 4.98 Å². The Hall–Kier alpha value is -1.71. The van der Waals surface area contributed by atoms with Gasteiger partial charge in [0.15, 0.2) is 0 Å². The number of aromatic nitrogens is 1. The lowest BCUT2D eigenvalue weighted by atomic mass is 9.74. The van der Waals surface area contributed by atoms with Crippen LogP contribution in [0.25, 0.3) is 10.2 Å². The standard InChI is InChI=1S/C17H15NOS/c19-15(13-9-11-5-1-2-6-12(11)13)10-17-18-14-7-3-4-8-16(14)20-17/h1-8,13,15,19H,9-10H2. The second-order valence-electron chi connectivity index (χ2n) is 5.36. The molecule has 2 aromatic carbocycles. The molecule has 1 aromatic heterocycles. The van der Waals surface area contributed by atoms with Crippen molar-refractivity contribution < 1.29 is 5.11 Å². The fourth-order valence-corrected chi connectivity index (χ4v) is 3.99. The second-order valence-corrected chi connectivity index (χ2v) is 6.47. The van der Waals surface area contributed by atoms with E-state index in [0.717, 1.165) is 16.9 Å². The molecule has 20 heavy (non-hydrogen) atoms. The van der Waals surface area contributed by atoms with Gasteiger partial charge in [0.2, 0.25) is 0 Å². The predicted molar refractivity (Wildman–Crippen MR) is 82.2 cm³/mol. The van der Waals surface area contributed by atoms with Gasteiger partial charge in [-0.2, -0.15) is 0 Å². The number of rotatable bonds is 3. The number of aliphatic hydroxyl groups is 1. The van der Waals surface area contributed by atoms with Gasteiger partial charge in [-0.1, -0.05) is 36.4 Å². The molecule has 0 radical (unpaired) electrons. The highest BCUT2D eigenvalue weighted by Gasteiger charge is 2.32. The number of aliphatic hydroxyl groups excluding tert-OH is 1. The second kappa shape index (κ2) is 4.69. The van der Waals surface area contributed by atoms with E-state index >= 15 is 0 Å². The molecule has 0 aliphatic heterocycles. The van der Waals surface area contributed by atoms with E-state index in [4.69, 9.17) is 0 Å². The molecule has 1 aliphatic rings. The number of hydrogen-bond donors (Lipinski definition) is 1. The summed E-state index contributed by atoms with van der Waals surface area (Å²) in [6.45, 7) is 0. The first-order chi connectivity index (χ1) is 9.81. The Morgan fingerprint density at radius 1 is 1.15 bits per heavy atom. The van der Waals surface area contributed by atoms with E-state index in [1.54, 1.807) is 11.3 Å². The monoisotopic (exact) mass is 281 g/mol. The third-order valence-electron chi connectivity index (χ3n) is 4.08. The van der Waals surface area contributed by atoms with Gasteiger partial charge in [-0.15, -0.1) is 11.3 Å². The highest BCUT2D eigenvalue weighted by molar-refractivity contribution is 7.18. The number of fused-ring (bicyclic) bond motifs is 2. The molecular formula is C17H15NOS. The van der Waals surface area contributed by atoms with Gasteiger partial charge in [-0.25, -0.2) is 4.98 Å². The molecule has 0 spiro atoms. The Kier molecular flexibility index (Phi) is 2.83. The van der Waals surface area contributed by atoms with Crippen LogP contribution in [0.1, 0.15) is 22.1 Å². The maximum atomic E-state index is 10.5. The number of benzene rings is 2. The normalized spacial score (nSPS) is 18.6. The largest absolute Gasteiger partial charge is 0.392 e. The Bertz CT molecular complexity index is 731. The van der Waals surface area contributed by atoms with Crippen LogP contribution < -0.4 is 0 Å². The maximum Gasteiger partial charge on any atom is 0.0964 e. The third kappa shape index (κ3) is 1.94. The molecule has 3 aromatic rings. The van der Waals surface area contributed by atoms with Crippen LogP contribution in [0.4, 0.5) is 0 Å². The molecule has 0 fully saturated rings. The zero-order valence-corrected chi connectivity index (χ0v) is 11.8. The SMILES string of the molecule is OC(Cc1nc2ccccc2s1)C1Cc2ccccc21. The van der Waals surface area contributed by atoms with Gasteiger partial charge in [0.05, 0.1) is 21.3 Å². The number of nitrogens with zero attached hydrogens (tertiary/aromatic N) is 1. The Balaban J connectivity index is 1.55. The van der Waals surface area contributed by atoms with Gasteiger partial charge in [0, 0.05) is 12.3 Å². The molecule has 4 rings (SSSR count). The lowest BCUT2D eigenvalue weighted by Gasteiger charge is -2.33. The summed E-state index contributed by atoms with van der Waals surface area (Å²) in [5.41, 5.74) is 3.72. The molecule has 2 unspecified atom stereocenters. The Labute approximate surface area is 121 Å². The fraction of sp³-hybridized carbons (Fsp3) is 0.235. The minimum Gasteiger partial charge on any atom is -0.392 e. The fourth-order valence-electron chi connectivity index (χ4n) is 2.97. The summed E-state index contributed by atoms with van der Waals surface area (Å²) in [5.74, 6) is 0.276. The van der Waals surface area contributed by atoms with Crippen LogP contribution >= 0.6 is 11.3 Å². The molecule has 2 atom stereocenters. The molecule has 0 bridgehead atoms. The molecule has 3 heteroatoms. The molecule has 0 saturated heterocycles. The van der Waals surface area contributed by atoms with Crippen LogP contribution in [-0.2, 0) is 12.8 Å². The molecule has 0 amide bonds. The smallest absolute Gasteiger partial charge is 0.0964 e. The number of para-hydroxylation sites is 1. The molecule has 100 valence electrons. The topological polar surface area (TPSA) is 33.1 Å². The first-order valence-corrected chi connectivity index (χ1v) is 7.73. The molecule has 1 aliphatic carbocycles. The van der Waals surface area contributed by atoms with Crippen molar-refractivity contribution in [3.8, 4) is 0 Å². The van der Waals surface area contributed by atoms with Crippen molar-refractivity contribution in [1.29, 1.82) is 0 Å². The summed E-state index contributed by atoms with van der Waals surface area (Å²) in [7, 11) is 0. The van der Waals surface area contributed by atoms with Crippen molar-refractivity contribution in [3.05, 3.63) is 64.7 Å². The van der Waals surface area contributed by atoms with E-state index in [1.165, 1.54) is 15.8 Å². The zero-order chi connectivity index (χ0) is 13.5. The lowest BCUT2D eigenvalue weighted by molar-refractivity contribution is 0.133. The van der Waals surface area contributed by atoms with Gasteiger partial charge in [-0.05, 0) is 29.7 Å². The Morgan fingerprint density at radius 3 is 2.80 bits per heavy atom. The lowest BCUT2D eigenvalue weighted by Crippen LogP contribution is -2.30. The van der Waals surface area contributed by atoms with Crippen LogP contribution in [0, 0.1) is 0 Å². The van der Waals surface area contributed by atoms with Crippen LogP contribution in [0.2, 0.25) is 0 Å². The summed E-state index contributed by atoms with van der Waals surface area (Å²) < 4.78 is 1.20. The van der Waals surface area contributed by atoms with Crippen molar-refractivity contribution in [2.24, 2.45) is 0 Å². The minimum absolute atomic E-state index is 0.276. The first kappa shape index (κ1) is 12.1. The quantitative estimate of drug-likeness (QED) is 0.796. The highest BCUT2D eigenvalue weighted by atomic mass is 32.1. The molecule has 1 heterocycles. The van der Waals surface area contributed by atoms with Crippen LogP contribution in [0.5, 0.6) is 0 Å². The predicted octanol–water partition coefficient (Wildman–Crippen LogP) is 3.54. The van der Waals surface area contributed by atoms with E-state index < -0.39 is 0 Å². The van der Waals surface area contributed by atoms with Gasteiger partial charge < -0.3 is 5.11 Å². The molecule has 1 N–H and O–H groups in total. The van der Waals surface area contributed by atoms with Crippen molar-refractivity contribution >= 4 is 21.6 Å². The van der Waals surface area contributed by atoms with Crippen molar-refractivity contribution in [2.75, 3.05) is 0 Å². The minimum atomic E-state index is -0.328. The van der Waals surface area contributed by atoms with Crippen molar-refractivity contribution in [2.45, 2.75) is 24.9 Å². The number of thiazole rings is 1. The average molecular weight is 281 g/mol. The summed E-state index contributed by atoms with van der Waals surface area (Å²) in [6.07, 6.45) is 1.31. The molecule has 0 saturated carbocycles. The van der Waals surface area contributed by atoms with Crippen LogP contribution in [0.15, 0.2) is 48.5 Å². The third-order valence-corrected chi connectivity index (χ3v) is 5.14. The van der Waals surface area contributed by atoms with Crippen LogP contribution in [0.3, 0.4) is 0 Å². The Morgan fingerprint density at radius 2 is 1.95 bits per heavy atom. The van der Waals surface area contributed by atoms with Gasteiger partial charge in [-0.3, -0.25) is 0 Å². The van der Waals surface area contributed by atoms with E-state index in [-0.39, 0.29) is 12.0 Å². The molecule has 2 nitrogen and oxygen atoms in total. The summed E-state index contributed by atoms with van der Waals surface area (Å²) in [4.78, 5) is 4.61. The first-order valence-electron chi connectivity index (χ1n) is 6.91. The van der Waals surface area contributed by atoms with Gasteiger partial charge in [0.1, 0.15) is 0 Å². The van der Waals surface area contributed by atoms with E-state index in [9.17, 15) is 5.11 Å². The van der Waals surface area contributed by atoms with E-state index in [0.29, 0.717) is 6.42 Å². The van der Waals surface area contributed by atoms with E-state index in [2.05, 4.69) is 35.3 Å². The van der Waals surface area contributed by atoms with Crippen molar-refractivity contribution in [3.63, 3.8) is 0 Å². The van der Waals surface area contributed by atoms with Gasteiger partial charge >= 0.3 is 0 Å².